The molecular weight excluding hydrogens is 484 g/mol. The molecule has 0 bridgehead atoms. The average molecular weight is 521 g/mol. The van der Waals surface area contributed by atoms with E-state index in [-0.39, 0.29) is 35.1 Å². The Morgan fingerprint density at radius 2 is 1.57 bits per heavy atom. The normalized spacial score (nSPS) is 18.9. The Morgan fingerprint density at radius 3 is 2.19 bits per heavy atom. The predicted octanol–water partition coefficient (Wildman–Crippen LogP) is 5.27. The van der Waals surface area contributed by atoms with E-state index in [0.29, 0.717) is 12.3 Å². The zero-order chi connectivity index (χ0) is 26.4. The lowest BCUT2D eigenvalue weighted by Crippen LogP contribution is -2.37. The first kappa shape index (κ1) is 26.9. The van der Waals surface area contributed by atoms with Gasteiger partial charge >= 0.3 is 0 Å². The number of methoxy groups -OCH3 is 1. The third kappa shape index (κ3) is 6.40. The van der Waals surface area contributed by atoms with Crippen molar-refractivity contribution in [3.8, 4) is 5.75 Å². The van der Waals surface area contributed by atoms with Gasteiger partial charge in [0.1, 0.15) is 5.75 Å². The molecule has 7 heteroatoms. The van der Waals surface area contributed by atoms with Crippen LogP contribution in [0.5, 0.6) is 5.75 Å². The maximum Gasteiger partial charge on any atom is 0.243 e. The van der Waals surface area contributed by atoms with Crippen LogP contribution in [0.15, 0.2) is 83.8 Å². The molecule has 1 saturated carbocycles. The molecule has 0 spiro atoms. The first-order chi connectivity index (χ1) is 17.8. The van der Waals surface area contributed by atoms with E-state index in [1.54, 1.807) is 35.7 Å². The van der Waals surface area contributed by atoms with Crippen LogP contribution in [0.25, 0.3) is 0 Å². The standard InChI is InChI=1S/C30H36N2O4S/c1-22-12-16-24(17-13-22)29(30(31)33)25-18-14-23(15-19-25)20-32(21-26-8-6-7-11-28(26)36-2)37(34,35)27-9-4-3-5-10-27/h3-13,16-17,23,25,29H,14-15,18-21H2,1-2H3,(H2,31,33). The molecule has 3 aromatic carbocycles. The summed E-state index contributed by atoms with van der Waals surface area (Å²) in [6.45, 7) is 2.66. The van der Waals surface area contributed by atoms with Crippen molar-refractivity contribution in [2.75, 3.05) is 13.7 Å². The van der Waals surface area contributed by atoms with Gasteiger partial charge in [0.25, 0.3) is 0 Å². The van der Waals surface area contributed by atoms with Gasteiger partial charge in [-0.25, -0.2) is 8.42 Å². The van der Waals surface area contributed by atoms with Gasteiger partial charge in [-0.15, -0.1) is 0 Å². The van der Waals surface area contributed by atoms with Crippen molar-refractivity contribution in [2.45, 2.75) is 50.0 Å². The van der Waals surface area contributed by atoms with Crippen molar-refractivity contribution in [3.05, 3.63) is 95.6 Å². The smallest absolute Gasteiger partial charge is 0.243 e. The Balaban J connectivity index is 1.52. The molecule has 1 fully saturated rings. The molecule has 1 atom stereocenters. The molecule has 0 aliphatic heterocycles. The number of benzene rings is 3. The molecule has 0 radical (unpaired) electrons. The van der Waals surface area contributed by atoms with Crippen molar-refractivity contribution >= 4 is 15.9 Å². The minimum Gasteiger partial charge on any atom is -0.496 e. The molecule has 0 saturated heterocycles. The van der Waals surface area contributed by atoms with Crippen LogP contribution in [-0.2, 0) is 21.4 Å². The molecular formula is C30H36N2O4S. The highest BCUT2D eigenvalue weighted by Gasteiger charge is 2.34. The van der Waals surface area contributed by atoms with Crippen LogP contribution in [0.3, 0.4) is 0 Å². The van der Waals surface area contributed by atoms with Gasteiger partial charge in [-0.1, -0.05) is 66.2 Å². The molecule has 1 unspecified atom stereocenters. The summed E-state index contributed by atoms with van der Waals surface area (Å²) < 4.78 is 34.5. The molecule has 1 aliphatic carbocycles. The molecule has 1 amide bonds. The number of amides is 1. The number of carbonyl (C=O) groups is 1. The average Bonchev–Trinajstić information content (AvgIpc) is 2.91. The van der Waals surface area contributed by atoms with E-state index >= 15 is 0 Å². The maximum atomic E-state index is 13.7. The number of hydrogen-bond donors (Lipinski definition) is 1. The second kappa shape index (κ2) is 11.9. The molecule has 6 nitrogen and oxygen atoms in total. The lowest BCUT2D eigenvalue weighted by atomic mass is 9.73. The Labute approximate surface area is 220 Å². The fraction of sp³-hybridized carbons (Fsp3) is 0.367. The maximum absolute atomic E-state index is 13.7. The quantitative estimate of drug-likeness (QED) is 0.394. The summed E-state index contributed by atoms with van der Waals surface area (Å²) in [5.41, 5.74) is 8.78. The van der Waals surface area contributed by atoms with Gasteiger partial charge in [-0.2, -0.15) is 4.31 Å². The van der Waals surface area contributed by atoms with Gasteiger partial charge in [-0.3, -0.25) is 4.79 Å². The number of nitrogens with two attached hydrogens (primary N) is 1. The van der Waals surface area contributed by atoms with E-state index in [2.05, 4.69) is 0 Å². The zero-order valence-electron chi connectivity index (χ0n) is 21.5. The molecule has 196 valence electrons. The lowest BCUT2D eigenvalue weighted by molar-refractivity contribution is -0.121. The van der Waals surface area contributed by atoms with Gasteiger partial charge in [0, 0.05) is 18.7 Å². The van der Waals surface area contributed by atoms with Crippen LogP contribution in [0, 0.1) is 18.8 Å². The summed E-state index contributed by atoms with van der Waals surface area (Å²) in [6.07, 6.45) is 3.35. The second-order valence-electron chi connectivity index (χ2n) is 9.99. The van der Waals surface area contributed by atoms with Crippen LogP contribution in [-0.4, -0.2) is 32.3 Å². The Bertz CT molecular complexity index is 1280. The van der Waals surface area contributed by atoms with Crippen molar-refractivity contribution in [2.24, 2.45) is 17.6 Å². The topological polar surface area (TPSA) is 89.7 Å². The van der Waals surface area contributed by atoms with Crippen molar-refractivity contribution in [1.82, 2.24) is 4.31 Å². The van der Waals surface area contributed by atoms with Crippen molar-refractivity contribution in [1.29, 1.82) is 0 Å². The van der Waals surface area contributed by atoms with Gasteiger partial charge in [0.05, 0.1) is 17.9 Å². The van der Waals surface area contributed by atoms with Crippen LogP contribution < -0.4 is 10.5 Å². The van der Waals surface area contributed by atoms with E-state index in [1.165, 1.54) is 0 Å². The van der Waals surface area contributed by atoms with Crippen LogP contribution in [0.2, 0.25) is 0 Å². The molecule has 0 aromatic heterocycles. The summed E-state index contributed by atoms with van der Waals surface area (Å²) in [5.74, 6) is 0.402. The molecule has 2 N–H and O–H groups in total. The minimum absolute atomic E-state index is 0.157. The predicted molar refractivity (Wildman–Crippen MR) is 146 cm³/mol. The van der Waals surface area contributed by atoms with Crippen LogP contribution in [0.4, 0.5) is 0 Å². The van der Waals surface area contributed by atoms with Crippen LogP contribution in [0.1, 0.15) is 48.3 Å². The fourth-order valence-corrected chi connectivity index (χ4v) is 6.96. The summed E-state index contributed by atoms with van der Waals surface area (Å²) in [4.78, 5) is 12.7. The Hall–Kier alpha value is -3.16. The number of aryl methyl sites for hydroxylation is 1. The first-order valence-electron chi connectivity index (χ1n) is 12.8. The number of sulfonamides is 1. The molecule has 4 rings (SSSR count). The van der Waals surface area contributed by atoms with E-state index in [9.17, 15) is 13.2 Å². The van der Waals surface area contributed by atoms with E-state index in [0.717, 1.165) is 42.4 Å². The lowest BCUT2D eigenvalue weighted by Gasteiger charge is -2.35. The number of hydrogen-bond acceptors (Lipinski definition) is 4. The van der Waals surface area contributed by atoms with Gasteiger partial charge in [-0.05, 0) is 68.2 Å². The third-order valence-corrected chi connectivity index (χ3v) is 9.31. The summed E-state index contributed by atoms with van der Waals surface area (Å²) in [5, 5.41) is 0. The van der Waals surface area contributed by atoms with Gasteiger partial charge in [0.15, 0.2) is 0 Å². The second-order valence-corrected chi connectivity index (χ2v) is 11.9. The fourth-order valence-electron chi connectivity index (χ4n) is 5.45. The molecule has 1 aliphatic rings. The van der Waals surface area contributed by atoms with Gasteiger partial charge in [0.2, 0.25) is 15.9 Å². The summed E-state index contributed by atoms with van der Waals surface area (Å²) in [7, 11) is -2.11. The van der Waals surface area contributed by atoms with Crippen molar-refractivity contribution in [3.63, 3.8) is 0 Å². The van der Waals surface area contributed by atoms with E-state index in [1.807, 2.05) is 61.5 Å². The Morgan fingerprint density at radius 1 is 0.946 bits per heavy atom. The summed E-state index contributed by atoms with van der Waals surface area (Å²) >= 11 is 0. The SMILES string of the molecule is COc1ccccc1CN(CC1CCC(C(C(N)=O)c2ccc(C)cc2)CC1)S(=O)(=O)c1ccccc1. The van der Waals surface area contributed by atoms with Crippen molar-refractivity contribution < 1.29 is 17.9 Å². The summed E-state index contributed by atoms with van der Waals surface area (Å²) in [6, 6.07) is 24.1. The number of nitrogens with zero attached hydrogens (tertiary/aromatic N) is 1. The molecule has 37 heavy (non-hydrogen) atoms. The molecule has 0 heterocycles. The number of rotatable bonds is 10. The Kier molecular flexibility index (Phi) is 8.67. The number of primary amides is 1. The van der Waals surface area contributed by atoms with Gasteiger partial charge < -0.3 is 10.5 Å². The first-order valence-corrected chi connectivity index (χ1v) is 14.3. The van der Waals surface area contributed by atoms with E-state index in [4.69, 9.17) is 10.5 Å². The highest BCUT2D eigenvalue weighted by molar-refractivity contribution is 7.89. The number of carbonyl (C=O) groups excluding carboxylic acids is 1. The third-order valence-electron chi connectivity index (χ3n) is 7.49. The highest BCUT2D eigenvalue weighted by atomic mass is 32.2. The molecule has 3 aromatic rings. The number of ether oxygens (including phenoxy) is 1. The largest absolute Gasteiger partial charge is 0.496 e. The van der Waals surface area contributed by atoms with E-state index < -0.39 is 10.0 Å². The highest BCUT2D eigenvalue weighted by Crippen LogP contribution is 2.39. The monoisotopic (exact) mass is 520 g/mol. The van der Waals surface area contributed by atoms with Crippen LogP contribution >= 0.6 is 0 Å². The minimum atomic E-state index is -3.71. The number of para-hydroxylation sites is 1. The zero-order valence-corrected chi connectivity index (χ0v) is 22.4.